The molecule has 0 bridgehead atoms. The van der Waals surface area contributed by atoms with Gasteiger partial charge in [0.1, 0.15) is 12.6 Å². The standard InChI is InChI=1S/C21H24N2O3/c1-3-18(15(2)22-17-12-8-5-9-13-17)20(24)23-19(14-26-21(23)25)16-10-6-4-7-11-16/h4-13,15,18-19,22H,3,14H2,1-2H3/t15-,18-,19-/m1/s1. The number of anilines is 1. The van der Waals surface area contributed by atoms with Gasteiger partial charge < -0.3 is 10.1 Å². The zero-order valence-corrected chi connectivity index (χ0v) is 15.1. The van der Waals surface area contributed by atoms with Gasteiger partial charge in [-0.1, -0.05) is 55.5 Å². The first-order valence-corrected chi connectivity index (χ1v) is 8.98. The smallest absolute Gasteiger partial charge is 0.417 e. The summed E-state index contributed by atoms with van der Waals surface area (Å²) < 4.78 is 5.19. The number of nitrogens with one attached hydrogen (secondary N) is 1. The van der Waals surface area contributed by atoms with E-state index in [9.17, 15) is 9.59 Å². The van der Waals surface area contributed by atoms with Crippen LogP contribution in [0.5, 0.6) is 0 Å². The number of hydrogen-bond acceptors (Lipinski definition) is 4. The lowest BCUT2D eigenvalue weighted by molar-refractivity contribution is -0.134. The molecule has 0 radical (unpaired) electrons. The van der Waals surface area contributed by atoms with Gasteiger partial charge in [-0.15, -0.1) is 0 Å². The highest BCUT2D eigenvalue weighted by molar-refractivity contribution is 5.95. The number of carbonyl (C=O) groups excluding carboxylic acids is 2. The van der Waals surface area contributed by atoms with Crippen molar-refractivity contribution in [3.63, 3.8) is 0 Å². The maximum absolute atomic E-state index is 13.2. The molecule has 0 aromatic heterocycles. The summed E-state index contributed by atoms with van der Waals surface area (Å²) in [4.78, 5) is 26.7. The second kappa shape index (κ2) is 8.04. The molecule has 3 rings (SSSR count). The molecule has 136 valence electrons. The molecular formula is C21H24N2O3. The minimum Gasteiger partial charge on any atom is -0.446 e. The van der Waals surface area contributed by atoms with E-state index in [0.29, 0.717) is 6.42 Å². The van der Waals surface area contributed by atoms with Crippen LogP contribution < -0.4 is 5.32 Å². The predicted molar refractivity (Wildman–Crippen MR) is 101 cm³/mol. The largest absolute Gasteiger partial charge is 0.446 e. The highest BCUT2D eigenvalue weighted by Crippen LogP contribution is 2.31. The summed E-state index contributed by atoms with van der Waals surface area (Å²) in [6, 6.07) is 18.8. The van der Waals surface area contributed by atoms with Gasteiger partial charge in [0.05, 0.1) is 5.92 Å². The van der Waals surface area contributed by atoms with Crippen LogP contribution in [-0.2, 0) is 9.53 Å². The zero-order chi connectivity index (χ0) is 18.5. The Balaban J connectivity index is 1.79. The van der Waals surface area contributed by atoms with E-state index in [1.165, 1.54) is 4.90 Å². The molecule has 0 unspecified atom stereocenters. The summed E-state index contributed by atoms with van der Waals surface area (Å²) in [6.45, 7) is 4.13. The zero-order valence-electron chi connectivity index (χ0n) is 15.1. The van der Waals surface area contributed by atoms with Crippen molar-refractivity contribution in [2.45, 2.75) is 32.4 Å². The topological polar surface area (TPSA) is 58.6 Å². The highest BCUT2D eigenvalue weighted by atomic mass is 16.6. The number of hydrogen-bond donors (Lipinski definition) is 1. The number of carbonyl (C=O) groups is 2. The second-order valence-electron chi connectivity index (χ2n) is 6.53. The van der Waals surface area contributed by atoms with Crippen LogP contribution in [-0.4, -0.2) is 29.5 Å². The molecule has 0 spiro atoms. The summed E-state index contributed by atoms with van der Waals surface area (Å²) >= 11 is 0. The molecular weight excluding hydrogens is 328 g/mol. The monoisotopic (exact) mass is 352 g/mol. The SMILES string of the molecule is CC[C@@H](C(=O)N1C(=O)OC[C@@H]1c1ccccc1)[C@@H](C)Nc1ccccc1. The van der Waals surface area contributed by atoms with Crippen molar-refractivity contribution in [2.24, 2.45) is 5.92 Å². The minimum absolute atomic E-state index is 0.111. The molecule has 5 heteroatoms. The van der Waals surface area contributed by atoms with Gasteiger partial charge in [0, 0.05) is 11.7 Å². The van der Waals surface area contributed by atoms with Crippen LogP contribution in [0.25, 0.3) is 0 Å². The van der Waals surface area contributed by atoms with Crippen molar-refractivity contribution in [1.82, 2.24) is 4.90 Å². The van der Waals surface area contributed by atoms with E-state index >= 15 is 0 Å². The Labute approximate surface area is 154 Å². The van der Waals surface area contributed by atoms with E-state index in [4.69, 9.17) is 4.74 Å². The number of para-hydroxylation sites is 1. The Bertz CT molecular complexity index is 748. The second-order valence-corrected chi connectivity index (χ2v) is 6.53. The first kappa shape index (κ1) is 18.0. The fraction of sp³-hybridized carbons (Fsp3) is 0.333. The summed E-state index contributed by atoms with van der Waals surface area (Å²) in [7, 11) is 0. The van der Waals surface area contributed by atoms with Gasteiger partial charge in [0.25, 0.3) is 0 Å². The third kappa shape index (κ3) is 3.72. The van der Waals surface area contributed by atoms with Crippen molar-refractivity contribution < 1.29 is 14.3 Å². The molecule has 1 saturated heterocycles. The maximum Gasteiger partial charge on any atom is 0.417 e. The molecule has 1 heterocycles. The van der Waals surface area contributed by atoms with Crippen LogP contribution in [0, 0.1) is 5.92 Å². The average molecular weight is 352 g/mol. The van der Waals surface area contributed by atoms with E-state index in [-0.39, 0.29) is 30.5 Å². The van der Waals surface area contributed by atoms with Gasteiger partial charge in [0.2, 0.25) is 5.91 Å². The Hall–Kier alpha value is -2.82. The lowest BCUT2D eigenvalue weighted by Gasteiger charge is -2.29. The maximum atomic E-state index is 13.2. The summed E-state index contributed by atoms with van der Waals surface area (Å²) in [5.74, 6) is -0.521. The fourth-order valence-electron chi connectivity index (χ4n) is 3.40. The van der Waals surface area contributed by atoms with E-state index in [1.807, 2.05) is 74.5 Å². The van der Waals surface area contributed by atoms with E-state index in [1.54, 1.807) is 0 Å². The lowest BCUT2D eigenvalue weighted by Crippen LogP contribution is -2.43. The van der Waals surface area contributed by atoms with E-state index in [0.717, 1.165) is 11.3 Å². The fourth-order valence-corrected chi connectivity index (χ4v) is 3.40. The molecule has 0 aliphatic carbocycles. The van der Waals surface area contributed by atoms with Gasteiger partial charge in [-0.25, -0.2) is 9.69 Å². The lowest BCUT2D eigenvalue weighted by atomic mass is 9.95. The van der Waals surface area contributed by atoms with Crippen LogP contribution in [0.15, 0.2) is 60.7 Å². The number of imide groups is 1. The first-order valence-electron chi connectivity index (χ1n) is 8.98. The molecule has 26 heavy (non-hydrogen) atoms. The molecule has 1 N–H and O–H groups in total. The van der Waals surface area contributed by atoms with Crippen molar-refractivity contribution in [2.75, 3.05) is 11.9 Å². The summed E-state index contributed by atoms with van der Waals surface area (Å²) in [6.07, 6.45) is 0.0692. The molecule has 3 atom stereocenters. The van der Waals surface area contributed by atoms with E-state index < -0.39 is 6.09 Å². The molecule has 1 aliphatic heterocycles. The Morgan fingerprint density at radius 3 is 2.38 bits per heavy atom. The van der Waals surface area contributed by atoms with E-state index in [2.05, 4.69) is 5.32 Å². The Morgan fingerprint density at radius 2 is 1.77 bits per heavy atom. The molecule has 1 aliphatic rings. The number of benzene rings is 2. The quantitative estimate of drug-likeness (QED) is 0.845. The van der Waals surface area contributed by atoms with Crippen LogP contribution in [0.2, 0.25) is 0 Å². The molecule has 2 amide bonds. The molecule has 0 saturated carbocycles. The highest BCUT2D eigenvalue weighted by Gasteiger charge is 2.42. The number of cyclic esters (lactones) is 1. The van der Waals surface area contributed by atoms with Crippen LogP contribution in [0.3, 0.4) is 0 Å². The molecule has 5 nitrogen and oxygen atoms in total. The normalized spacial score (nSPS) is 18.9. The summed E-state index contributed by atoms with van der Waals surface area (Å²) in [5.41, 5.74) is 1.86. The third-order valence-corrected chi connectivity index (χ3v) is 4.82. The van der Waals surface area contributed by atoms with Crippen LogP contribution in [0.4, 0.5) is 10.5 Å². The van der Waals surface area contributed by atoms with Crippen LogP contribution in [0.1, 0.15) is 31.9 Å². The van der Waals surface area contributed by atoms with Crippen molar-refractivity contribution in [3.05, 3.63) is 66.2 Å². The molecule has 2 aromatic carbocycles. The van der Waals surface area contributed by atoms with Gasteiger partial charge in [0.15, 0.2) is 0 Å². The van der Waals surface area contributed by atoms with Gasteiger partial charge in [-0.2, -0.15) is 0 Å². The van der Waals surface area contributed by atoms with Gasteiger partial charge in [-0.3, -0.25) is 4.79 Å². The average Bonchev–Trinajstić information content (AvgIpc) is 3.05. The Morgan fingerprint density at radius 1 is 1.15 bits per heavy atom. The van der Waals surface area contributed by atoms with Crippen molar-refractivity contribution in [1.29, 1.82) is 0 Å². The van der Waals surface area contributed by atoms with Gasteiger partial charge in [-0.05, 0) is 31.0 Å². The minimum atomic E-state index is -0.561. The van der Waals surface area contributed by atoms with Crippen molar-refractivity contribution in [3.8, 4) is 0 Å². The van der Waals surface area contributed by atoms with Gasteiger partial charge >= 0.3 is 6.09 Å². The number of rotatable bonds is 6. The number of ether oxygens (including phenoxy) is 1. The number of amides is 2. The predicted octanol–water partition coefficient (Wildman–Crippen LogP) is 4.23. The van der Waals surface area contributed by atoms with Crippen molar-refractivity contribution >= 4 is 17.7 Å². The Kier molecular flexibility index (Phi) is 5.56. The number of nitrogens with zero attached hydrogens (tertiary/aromatic N) is 1. The summed E-state index contributed by atoms with van der Waals surface area (Å²) in [5, 5.41) is 3.37. The van der Waals surface area contributed by atoms with Crippen LogP contribution >= 0.6 is 0 Å². The molecule has 2 aromatic rings. The molecule has 1 fully saturated rings. The third-order valence-electron chi connectivity index (χ3n) is 4.82. The first-order chi connectivity index (χ1) is 12.6.